The number of sulfonamides is 1. The molecule has 2 aromatic carbocycles. The van der Waals surface area contributed by atoms with Crippen molar-refractivity contribution >= 4 is 45.5 Å². The maximum atomic E-state index is 14.3. The largest absolute Gasteiger partial charge is 0.494 e. The number of anilines is 1. The SMILES string of the molecule is COc1cccc(OC)c1-n1c(-c2ccc(C)o2)nnc1N(CC[Si](C)(C)C)S(=O)(=O)CC(O)c1ccc(Cl)cc1S(C)(=O)=O. The minimum atomic E-state index is -4.41. The molecule has 1 atom stereocenters. The normalized spacial score (nSPS) is 13.1. The molecule has 244 valence electrons. The third-order valence-corrected chi connectivity index (χ3v) is 11.8. The van der Waals surface area contributed by atoms with E-state index in [1.807, 2.05) is 0 Å². The summed E-state index contributed by atoms with van der Waals surface area (Å²) in [6, 6.07) is 13.0. The monoisotopic (exact) mass is 696 g/mol. The van der Waals surface area contributed by atoms with Crippen molar-refractivity contribution in [2.24, 2.45) is 0 Å². The Balaban J connectivity index is 1.95. The van der Waals surface area contributed by atoms with Crippen molar-refractivity contribution < 1.29 is 35.8 Å². The molecule has 1 unspecified atom stereocenters. The second-order valence-electron chi connectivity index (χ2n) is 11.7. The molecule has 0 bridgehead atoms. The first-order chi connectivity index (χ1) is 21.0. The highest BCUT2D eigenvalue weighted by Crippen LogP contribution is 2.40. The van der Waals surface area contributed by atoms with Gasteiger partial charge in [0.1, 0.15) is 22.9 Å². The Labute approximate surface area is 269 Å². The summed E-state index contributed by atoms with van der Waals surface area (Å²) in [5, 5.41) is 20.1. The van der Waals surface area contributed by atoms with E-state index in [1.54, 1.807) is 37.3 Å². The lowest BCUT2D eigenvalue weighted by Gasteiger charge is -2.28. The molecular formula is C29H37ClN4O8S2Si. The van der Waals surface area contributed by atoms with Crippen LogP contribution in [0.5, 0.6) is 11.5 Å². The summed E-state index contributed by atoms with van der Waals surface area (Å²) >= 11 is 6.04. The molecule has 2 aromatic heterocycles. The zero-order chi connectivity index (χ0) is 33.3. The highest BCUT2D eigenvalue weighted by molar-refractivity contribution is 7.92. The molecule has 0 aliphatic rings. The summed E-state index contributed by atoms with van der Waals surface area (Å²) in [6.07, 6.45) is -0.749. The maximum Gasteiger partial charge on any atom is 0.246 e. The maximum absolute atomic E-state index is 14.3. The van der Waals surface area contributed by atoms with Crippen LogP contribution in [-0.4, -0.2) is 77.6 Å². The van der Waals surface area contributed by atoms with Gasteiger partial charge in [-0.2, -0.15) is 0 Å². The summed E-state index contributed by atoms with van der Waals surface area (Å²) in [4.78, 5) is -0.260. The van der Waals surface area contributed by atoms with E-state index in [2.05, 4.69) is 29.8 Å². The number of aromatic nitrogens is 3. The fraction of sp³-hybridized carbons (Fsp3) is 0.379. The van der Waals surface area contributed by atoms with Gasteiger partial charge in [0.2, 0.25) is 21.8 Å². The van der Waals surface area contributed by atoms with E-state index in [4.69, 9.17) is 25.5 Å². The summed E-state index contributed by atoms with van der Waals surface area (Å²) in [6.45, 7) is 8.08. The Hall–Kier alpha value is -3.37. The molecule has 0 spiro atoms. The lowest BCUT2D eigenvalue weighted by Crippen LogP contribution is -2.40. The van der Waals surface area contributed by atoms with Crippen LogP contribution >= 0.6 is 11.6 Å². The van der Waals surface area contributed by atoms with E-state index < -0.39 is 39.8 Å². The van der Waals surface area contributed by atoms with Crippen molar-refractivity contribution in [1.29, 1.82) is 0 Å². The number of methoxy groups -OCH3 is 2. The zero-order valence-corrected chi connectivity index (χ0v) is 29.5. The van der Waals surface area contributed by atoms with Gasteiger partial charge in [-0.15, -0.1) is 10.2 Å². The van der Waals surface area contributed by atoms with E-state index in [0.29, 0.717) is 34.8 Å². The first kappa shape index (κ1) is 34.5. The van der Waals surface area contributed by atoms with E-state index in [9.17, 15) is 21.9 Å². The van der Waals surface area contributed by atoms with Crippen LogP contribution in [0.25, 0.3) is 17.3 Å². The molecule has 0 radical (unpaired) electrons. The van der Waals surface area contributed by atoms with Crippen LogP contribution in [-0.2, 0) is 19.9 Å². The number of aliphatic hydroxyl groups excluding tert-OH is 1. The van der Waals surface area contributed by atoms with Crippen molar-refractivity contribution in [3.05, 3.63) is 64.9 Å². The zero-order valence-electron chi connectivity index (χ0n) is 26.1. The topological polar surface area (TPSA) is 154 Å². The lowest BCUT2D eigenvalue weighted by molar-refractivity contribution is 0.198. The number of hydrogen-bond donors (Lipinski definition) is 1. The second-order valence-corrected chi connectivity index (χ2v) is 21.7. The Morgan fingerprint density at radius 1 is 1.02 bits per heavy atom. The van der Waals surface area contributed by atoms with Crippen LogP contribution in [0.15, 0.2) is 57.8 Å². The summed E-state index contributed by atoms with van der Waals surface area (Å²) in [5.74, 6) is 0.861. The third kappa shape index (κ3) is 7.72. The van der Waals surface area contributed by atoms with Gasteiger partial charge in [-0.1, -0.05) is 43.4 Å². The van der Waals surface area contributed by atoms with Gasteiger partial charge in [-0.3, -0.25) is 4.57 Å². The Kier molecular flexibility index (Phi) is 10.1. The van der Waals surface area contributed by atoms with Gasteiger partial charge in [0.05, 0.1) is 31.0 Å². The molecule has 0 saturated heterocycles. The molecule has 4 aromatic rings. The summed E-state index contributed by atoms with van der Waals surface area (Å²) in [5.41, 5.74) is 0.243. The van der Waals surface area contributed by atoms with Crippen LogP contribution in [0.2, 0.25) is 30.7 Å². The van der Waals surface area contributed by atoms with Crippen LogP contribution in [0.3, 0.4) is 0 Å². The summed E-state index contributed by atoms with van der Waals surface area (Å²) < 4.78 is 73.5. The molecule has 12 nitrogen and oxygen atoms in total. The van der Waals surface area contributed by atoms with Gasteiger partial charge in [-0.05, 0) is 49.4 Å². The van der Waals surface area contributed by atoms with E-state index in [1.165, 1.54) is 37.0 Å². The average molecular weight is 697 g/mol. The molecule has 1 N–H and O–H groups in total. The molecule has 0 amide bonds. The Morgan fingerprint density at radius 2 is 1.67 bits per heavy atom. The van der Waals surface area contributed by atoms with Crippen molar-refractivity contribution in [1.82, 2.24) is 14.8 Å². The number of ether oxygens (including phenoxy) is 2. The van der Waals surface area contributed by atoms with Gasteiger partial charge in [0, 0.05) is 31.5 Å². The molecule has 0 aliphatic carbocycles. The van der Waals surface area contributed by atoms with Gasteiger partial charge >= 0.3 is 0 Å². The number of furan rings is 1. The third-order valence-electron chi connectivity index (χ3n) is 6.96. The number of sulfone groups is 1. The first-order valence-corrected chi connectivity index (χ1v) is 21.5. The molecule has 0 fully saturated rings. The van der Waals surface area contributed by atoms with Gasteiger partial charge in [0.15, 0.2) is 15.6 Å². The second kappa shape index (κ2) is 13.2. The number of rotatable bonds is 13. The smallest absolute Gasteiger partial charge is 0.246 e. The van der Waals surface area contributed by atoms with Gasteiger partial charge < -0.3 is 19.0 Å². The standard InChI is InChI=1S/C29H37ClN4O8S2Si/c1-19-11-14-25(42-19)28-31-32-29(34(28)27-23(40-2)9-8-10-24(27)41-3)33(15-16-45(5,6)7)44(38,39)18-22(35)21-13-12-20(30)17-26(21)43(4,36)37/h8-14,17,22,35H,15-16,18H2,1-7H3. The highest BCUT2D eigenvalue weighted by atomic mass is 35.5. The number of benzene rings is 2. The van der Waals surface area contributed by atoms with Crippen molar-refractivity contribution in [3.8, 4) is 28.8 Å². The molecule has 4 rings (SSSR count). The van der Waals surface area contributed by atoms with Gasteiger partial charge in [-0.25, -0.2) is 21.1 Å². The van der Waals surface area contributed by atoms with Crippen LogP contribution < -0.4 is 13.8 Å². The molecule has 2 heterocycles. The van der Waals surface area contributed by atoms with Crippen molar-refractivity contribution in [2.45, 2.75) is 43.6 Å². The summed E-state index contributed by atoms with van der Waals surface area (Å²) in [7, 11) is -7.17. The number of halogens is 1. The Morgan fingerprint density at radius 3 is 2.20 bits per heavy atom. The van der Waals surface area contributed by atoms with Crippen molar-refractivity contribution in [2.75, 3.05) is 37.1 Å². The molecule has 16 heteroatoms. The number of nitrogens with zero attached hydrogens (tertiary/aromatic N) is 4. The fourth-order valence-corrected chi connectivity index (χ4v) is 8.46. The predicted octanol–water partition coefficient (Wildman–Crippen LogP) is 5.12. The van der Waals surface area contributed by atoms with E-state index in [0.717, 1.165) is 10.6 Å². The minimum absolute atomic E-state index is 0.0110. The molecule has 0 saturated carbocycles. The molecule has 0 aliphatic heterocycles. The first-order valence-electron chi connectivity index (χ1n) is 13.9. The fourth-order valence-electron chi connectivity index (χ4n) is 4.69. The van der Waals surface area contributed by atoms with E-state index >= 15 is 0 Å². The lowest BCUT2D eigenvalue weighted by atomic mass is 10.1. The number of para-hydroxylation sites is 1. The Bertz CT molecular complexity index is 1880. The highest BCUT2D eigenvalue weighted by Gasteiger charge is 2.36. The number of aryl methyl sites for hydroxylation is 1. The number of aliphatic hydroxyl groups is 1. The van der Waals surface area contributed by atoms with Crippen LogP contribution in [0.1, 0.15) is 17.4 Å². The van der Waals surface area contributed by atoms with Crippen LogP contribution in [0.4, 0.5) is 5.95 Å². The average Bonchev–Trinajstić information content (AvgIpc) is 3.57. The van der Waals surface area contributed by atoms with E-state index in [-0.39, 0.29) is 33.8 Å². The molecule has 45 heavy (non-hydrogen) atoms. The number of hydrogen-bond acceptors (Lipinski definition) is 10. The van der Waals surface area contributed by atoms with Crippen LogP contribution in [0, 0.1) is 6.92 Å². The minimum Gasteiger partial charge on any atom is -0.494 e. The predicted molar refractivity (Wildman–Crippen MR) is 176 cm³/mol. The quantitative estimate of drug-likeness (QED) is 0.186. The van der Waals surface area contributed by atoms with Crippen molar-refractivity contribution in [3.63, 3.8) is 0 Å². The van der Waals surface area contributed by atoms with Gasteiger partial charge in [0.25, 0.3) is 0 Å². The molecular weight excluding hydrogens is 660 g/mol.